The molecule has 1 aromatic carbocycles. The molecule has 0 unspecified atom stereocenters. The number of nitrogen functional groups attached to an aromatic ring is 1. The van der Waals surface area contributed by atoms with E-state index in [0.717, 1.165) is 44.8 Å². The van der Waals surface area contributed by atoms with E-state index in [1.807, 2.05) is 33.0 Å². The Morgan fingerprint density at radius 1 is 1.08 bits per heavy atom. The molecule has 0 saturated carbocycles. The van der Waals surface area contributed by atoms with E-state index in [9.17, 15) is 4.79 Å². The molecule has 1 heterocycles. The number of nitrogens with two attached hydrogens (primary N) is 2. The number of nitrogens with one attached hydrogen (secondary N) is 2. The lowest BCUT2D eigenvalue weighted by Crippen LogP contribution is -2.25. The summed E-state index contributed by atoms with van der Waals surface area (Å²) in [6.07, 6.45) is 5.46. The van der Waals surface area contributed by atoms with E-state index < -0.39 is 5.91 Å². The van der Waals surface area contributed by atoms with Gasteiger partial charge in [-0.2, -0.15) is 4.98 Å². The summed E-state index contributed by atoms with van der Waals surface area (Å²) < 4.78 is 11.2. The van der Waals surface area contributed by atoms with Gasteiger partial charge in [0.05, 0.1) is 13.2 Å². The molecule has 0 fully saturated rings. The minimum atomic E-state index is -0.464. The smallest absolute Gasteiger partial charge is 0.248 e. The highest BCUT2D eigenvalue weighted by Gasteiger charge is 2.09. The molecule has 0 aliphatic rings. The van der Waals surface area contributed by atoms with Gasteiger partial charge in [-0.15, -0.1) is 0 Å². The van der Waals surface area contributed by atoms with Crippen LogP contribution in [0.5, 0.6) is 5.88 Å². The van der Waals surface area contributed by atoms with Crippen molar-refractivity contribution in [1.29, 1.82) is 5.41 Å². The lowest BCUT2D eigenvalue weighted by molar-refractivity contribution is 0.1000. The summed E-state index contributed by atoms with van der Waals surface area (Å²) in [5, 5.41) is 9.95. The predicted molar refractivity (Wildman–Crippen MR) is 155 cm³/mol. The Labute approximate surface area is 223 Å². The normalized spacial score (nSPS) is 9.86. The fourth-order valence-corrected chi connectivity index (χ4v) is 3.15. The van der Waals surface area contributed by atoms with E-state index in [0.29, 0.717) is 36.0 Å². The molecule has 0 bridgehead atoms. The number of carbonyl (C=O) groups excluding carboxylic acids is 1. The SMILES string of the molecule is CC.CCCCN(CCC)c1cc(N)nc(OCCCOCCNC)c1.N=Cc1cccc(C(N)=O)c1. The number of amides is 1. The summed E-state index contributed by atoms with van der Waals surface area (Å²) >= 11 is 0. The maximum atomic E-state index is 10.6. The topological polar surface area (TPSA) is 140 Å². The zero-order chi connectivity index (χ0) is 27.9. The second kappa shape index (κ2) is 22.1. The number of benzene rings is 1. The van der Waals surface area contributed by atoms with E-state index >= 15 is 0 Å². The first kappa shape index (κ1) is 33.8. The molecule has 2 aromatic rings. The largest absolute Gasteiger partial charge is 0.477 e. The Morgan fingerprint density at radius 2 is 1.84 bits per heavy atom. The lowest BCUT2D eigenvalue weighted by Gasteiger charge is -2.24. The molecule has 0 radical (unpaired) electrons. The molecule has 9 heteroatoms. The Balaban J connectivity index is 0.000000827. The maximum absolute atomic E-state index is 10.6. The van der Waals surface area contributed by atoms with E-state index in [1.54, 1.807) is 24.3 Å². The molecule has 1 aromatic heterocycles. The summed E-state index contributed by atoms with van der Waals surface area (Å²) in [7, 11) is 1.91. The number of hydrogen-bond acceptors (Lipinski definition) is 8. The van der Waals surface area contributed by atoms with Crippen molar-refractivity contribution in [2.45, 2.75) is 53.4 Å². The summed E-state index contributed by atoms with van der Waals surface area (Å²) in [5.74, 6) is 0.636. The number of carbonyl (C=O) groups is 1. The average Bonchev–Trinajstić information content (AvgIpc) is 2.91. The van der Waals surface area contributed by atoms with Gasteiger partial charge in [0.1, 0.15) is 5.82 Å². The van der Waals surface area contributed by atoms with Gasteiger partial charge in [-0.05, 0) is 37.6 Å². The van der Waals surface area contributed by atoms with Crippen LogP contribution in [0.1, 0.15) is 69.3 Å². The first-order valence-corrected chi connectivity index (χ1v) is 13.2. The number of hydrogen-bond donors (Lipinski definition) is 4. The van der Waals surface area contributed by atoms with Gasteiger partial charge in [0.25, 0.3) is 0 Å². The van der Waals surface area contributed by atoms with Crippen LogP contribution in [0.25, 0.3) is 0 Å². The number of unbranched alkanes of at least 4 members (excludes halogenated alkanes) is 1. The summed E-state index contributed by atoms with van der Waals surface area (Å²) in [6.45, 7) is 13.3. The van der Waals surface area contributed by atoms with Gasteiger partial charge in [-0.1, -0.05) is 46.2 Å². The van der Waals surface area contributed by atoms with Gasteiger partial charge >= 0.3 is 0 Å². The van der Waals surface area contributed by atoms with Crippen molar-refractivity contribution in [2.75, 3.05) is 57.1 Å². The number of pyridine rings is 1. The van der Waals surface area contributed by atoms with Crippen molar-refractivity contribution in [2.24, 2.45) is 5.73 Å². The van der Waals surface area contributed by atoms with E-state index in [1.165, 1.54) is 19.1 Å². The number of nitrogens with zero attached hydrogens (tertiary/aromatic N) is 2. The van der Waals surface area contributed by atoms with Crippen LogP contribution in [0.3, 0.4) is 0 Å². The van der Waals surface area contributed by atoms with Crippen LogP contribution in [0, 0.1) is 5.41 Å². The van der Waals surface area contributed by atoms with Gasteiger partial charge in [0, 0.05) is 62.3 Å². The minimum Gasteiger partial charge on any atom is -0.477 e. The molecule has 1 amide bonds. The first-order valence-electron chi connectivity index (χ1n) is 13.2. The summed E-state index contributed by atoms with van der Waals surface area (Å²) in [5.41, 5.74) is 13.2. The zero-order valence-corrected chi connectivity index (χ0v) is 23.4. The number of ether oxygens (including phenoxy) is 2. The fourth-order valence-electron chi connectivity index (χ4n) is 3.15. The van der Waals surface area contributed by atoms with Crippen LogP contribution in [0.4, 0.5) is 11.5 Å². The molecule has 0 atom stereocenters. The fraction of sp³-hybridized carbons (Fsp3) is 0.536. The predicted octanol–water partition coefficient (Wildman–Crippen LogP) is 4.49. The highest BCUT2D eigenvalue weighted by molar-refractivity contribution is 5.94. The third-order valence-electron chi connectivity index (χ3n) is 4.96. The van der Waals surface area contributed by atoms with E-state index in [2.05, 4.69) is 29.0 Å². The summed E-state index contributed by atoms with van der Waals surface area (Å²) in [4.78, 5) is 17.3. The average molecular weight is 517 g/mol. The quantitative estimate of drug-likeness (QED) is 0.190. The molecule has 0 spiro atoms. The van der Waals surface area contributed by atoms with Gasteiger partial charge in [-0.3, -0.25) is 4.79 Å². The van der Waals surface area contributed by atoms with Crippen molar-refractivity contribution in [1.82, 2.24) is 10.3 Å². The number of aromatic nitrogens is 1. The van der Waals surface area contributed by atoms with Crippen LogP contribution in [0.15, 0.2) is 36.4 Å². The lowest BCUT2D eigenvalue weighted by atomic mass is 10.1. The molecular formula is C28H48N6O3. The number of rotatable bonds is 16. The van der Waals surface area contributed by atoms with Gasteiger partial charge in [0.2, 0.25) is 11.8 Å². The second-order valence-corrected chi connectivity index (χ2v) is 7.98. The number of likely N-dealkylation sites (N-methyl/N-ethyl adjacent to an activating group) is 1. The van der Waals surface area contributed by atoms with E-state index in [-0.39, 0.29) is 0 Å². The molecule has 208 valence electrons. The van der Waals surface area contributed by atoms with Crippen molar-refractivity contribution < 1.29 is 14.3 Å². The van der Waals surface area contributed by atoms with Crippen LogP contribution < -0.4 is 26.4 Å². The van der Waals surface area contributed by atoms with Crippen LogP contribution >= 0.6 is 0 Å². The van der Waals surface area contributed by atoms with Crippen LogP contribution in [0.2, 0.25) is 0 Å². The van der Waals surface area contributed by atoms with Crippen molar-refractivity contribution in [3.8, 4) is 5.88 Å². The second-order valence-electron chi connectivity index (χ2n) is 7.98. The monoisotopic (exact) mass is 516 g/mol. The Hall–Kier alpha value is -3.17. The summed E-state index contributed by atoms with van der Waals surface area (Å²) in [6, 6.07) is 10.5. The number of primary amides is 1. The zero-order valence-electron chi connectivity index (χ0n) is 23.4. The third kappa shape index (κ3) is 15.5. The molecule has 0 saturated heterocycles. The number of anilines is 2. The Morgan fingerprint density at radius 3 is 2.46 bits per heavy atom. The molecule has 2 rings (SSSR count). The minimum absolute atomic E-state index is 0.436. The van der Waals surface area contributed by atoms with Crippen molar-refractivity contribution >= 4 is 23.6 Å². The standard InChI is InChI=1S/C18H34N4O2.C8H8N2O.C2H6/c1-4-6-10-22(9-5-2)16-14-17(19)21-18(15-16)24-12-7-11-23-13-8-20-3;9-5-6-2-1-3-7(4-6)8(10)11;1-2/h14-15,20H,4-13H2,1-3H3,(H2,19,21);1-5,9H,(H2,10,11);1-2H3. The van der Waals surface area contributed by atoms with Gasteiger partial charge in [-0.25, -0.2) is 0 Å². The molecule has 9 nitrogen and oxygen atoms in total. The Bertz CT molecular complexity index is 879. The molecule has 6 N–H and O–H groups in total. The first-order chi connectivity index (χ1) is 17.9. The van der Waals surface area contributed by atoms with Gasteiger partial charge in [0.15, 0.2) is 0 Å². The van der Waals surface area contributed by atoms with Crippen LogP contribution in [-0.4, -0.2) is 63.6 Å². The molecular weight excluding hydrogens is 468 g/mol. The van der Waals surface area contributed by atoms with Crippen molar-refractivity contribution in [3.05, 3.63) is 47.5 Å². The third-order valence-corrected chi connectivity index (χ3v) is 4.96. The highest BCUT2D eigenvalue weighted by Crippen LogP contribution is 2.23. The maximum Gasteiger partial charge on any atom is 0.248 e. The highest BCUT2D eigenvalue weighted by atomic mass is 16.5. The Kier molecular flexibility index (Phi) is 20.2. The van der Waals surface area contributed by atoms with Crippen molar-refractivity contribution in [3.63, 3.8) is 0 Å². The molecule has 37 heavy (non-hydrogen) atoms. The molecule has 0 aliphatic carbocycles. The van der Waals surface area contributed by atoms with E-state index in [4.69, 9.17) is 26.4 Å². The van der Waals surface area contributed by atoms with Gasteiger partial charge < -0.3 is 36.6 Å². The molecule has 0 aliphatic heterocycles. The van der Waals surface area contributed by atoms with Crippen LogP contribution in [-0.2, 0) is 4.74 Å².